The molecular weight excluding hydrogens is 480 g/mol. The minimum Gasteiger partial charge on any atom is -0.351 e. The quantitative estimate of drug-likeness (QED) is 0.343. The number of benzene rings is 1. The van der Waals surface area contributed by atoms with E-state index in [-0.39, 0.29) is 5.91 Å². The molecule has 1 aliphatic heterocycles. The molecule has 7 nitrogen and oxygen atoms in total. The normalized spacial score (nSPS) is 15.6. The van der Waals surface area contributed by atoms with E-state index in [9.17, 15) is 4.79 Å². The molecule has 0 saturated carbocycles. The van der Waals surface area contributed by atoms with Gasteiger partial charge in [-0.25, -0.2) is 9.97 Å². The third-order valence-corrected chi connectivity index (χ3v) is 7.72. The summed E-state index contributed by atoms with van der Waals surface area (Å²) in [6, 6.07) is 18.3. The van der Waals surface area contributed by atoms with Crippen LogP contribution < -0.4 is 15.5 Å². The highest BCUT2D eigenvalue weighted by molar-refractivity contribution is 7.98. The second kappa shape index (κ2) is 11.3. The summed E-state index contributed by atoms with van der Waals surface area (Å²) in [6.45, 7) is 7.49. The Morgan fingerprint density at radius 2 is 2.00 bits per heavy atom. The van der Waals surface area contributed by atoms with Gasteiger partial charge in [-0.2, -0.15) is 0 Å². The maximum atomic E-state index is 12.7. The molecule has 2 N–H and O–H groups in total. The minimum absolute atomic E-state index is 0.113. The number of anilines is 1. The lowest BCUT2D eigenvalue weighted by molar-refractivity contribution is 0.0950. The van der Waals surface area contributed by atoms with Crippen molar-refractivity contribution in [1.29, 1.82) is 0 Å². The molecule has 4 aromatic rings. The molecule has 1 fully saturated rings. The molecule has 1 unspecified atom stereocenters. The van der Waals surface area contributed by atoms with Crippen LogP contribution in [0.1, 0.15) is 35.0 Å². The highest BCUT2D eigenvalue weighted by atomic mass is 32.2. The molecule has 37 heavy (non-hydrogen) atoms. The zero-order chi connectivity index (χ0) is 25.8. The first-order valence-electron chi connectivity index (χ1n) is 12.7. The predicted octanol–water partition coefficient (Wildman–Crippen LogP) is 4.84. The molecule has 3 aromatic heterocycles. The Bertz CT molecular complexity index is 1420. The molecule has 0 aliphatic carbocycles. The summed E-state index contributed by atoms with van der Waals surface area (Å²) in [4.78, 5) is 30.6. The number of nitrogens with one attached hydrogen (secondary N) is 2. The predicted molar refractivity (Wildman–Crippen MR) is 151 cm³/mol. The van der Waals surface area contributed by atoms with E-state index in [4.69, 9.17) is 9.97 Å². The third kappa shape index (κ3) is 5.60. The second-order valence-corrected chi connectivity index (χ2v) is 10.1. The fourth-order valence-corrected chi connectivity index (χ4v) is 5.32. The molecule has 4 heterocycles. The SMILES string of the molecule is CCC1CNCCN1c1cccc(-c2ccc3cnc(CNC(=O)c4ccc(C)c(SC)c4)cc3n2)n1. The summed E-state index contributed by atoms with van der Waals surface area (Å²) < 4.78 is 0. The number of hydrogen-bond acceptors (Lipinski definition) is 7. The molecule has 0 radical (unpaired) electrons. The fraction of sp³-hybridized carbons (Fsp3) is 0.310. The number of piperazine rings is 1. The molecular formula is C29H32N6OS. The number of carbonyl (C=O) groups excluding carboxylic acids is 1. The van der Waals surface area contributed by atoms with Crippen molar-refractivity contribution in [2.45, 2.75) is 37.8 Å². The fourth-order valence-electron chi connectivity index (χ4n) is 4.68. The van der Waals surface area contributed by atoms with Crippen molar-refractivity contribution in [1.82, 2.24) is 25.6 Å². The van der Waals surface area contributed by atoms with Gasteiger partial charge in [-0.15, -0.1) is 11.8 Å². The van der Waals surface area contributed by atoms with Crippen LogP contribution >= 0.6 is 11.8 Å². The first-order chi connectivity index (χ1) is 18.1. The Morgan fingerprint density at radius 3 is 2.84 bits per heavy atom. The third-order valence-electron chi connectivity index (χ3n) is 6.84. The van der Waals surface area contributed by atoms with Gasteiger partial charge in [0, 0.05) is 47.7 Å². The summed E-state index contributed by atoms with van der Waals surface area (Å²) in [6.07, 6.45) is 4.90. The number of rotatable bonds is 7. The number of nitrogens with zero attached hydrogens (tertiary/aromatic N) is 4. The van der Waals surface area contributed by atoms with E-state index in [2.05, 4.69) is 39.6 Å². The van der Waals surface area contributed by atoms with Gasteiger partial charge in [-0.1, -0.05) is 19.1 Å². The van der Waals surface area contributed by atoms with Gasteiger partial charge < -0.3 is 15.5 Å². The Morgan fingerprint density at radius 1 is 1.14 bits per heavy atom. The lowest BCUT2D eigenvalue weighted by Gasteiger charge is -2.36. The molecule has 8 heteroatoms. The van der Waals surface area contributed by atoms with Crippen molar-refractivity contribution < 1.29 is 4.79 Å². The molecule has 1 saturated heterocycles. The number of carbonyl (C=O) groups is 1. The van der Waals surface area contributed by atoms with Crippen molar-refractivity contribution in [3.8, 4) is 11.4 Å². The number of thioether (sulfide) groups is 1. The zero-order valence-electron chi connectivity index (χ0n) is 21.5. The summed E-state index contributed by atoms with van der Waals surface area (Å²) >= 11 is 1.64. The molecule has 0 bridgehead atoms. The van der Waals surface area contributed by atoms with Gasteiger partial charge in [0.1, 0.15) is 5.82 Å². The van der Waals surface area contributed by atoms with Gasteiger partial charge >= 0.3 is 0 Å². The first kappa shape index (κ1) is 25.2. The second-order valence-electron chi connectivity index (χ2n) is 9.27. The van der Waals surface area contributed by atoms with E-state index in [0.717, 1.165) is 64.8 Å². The highest BCUT2D eigenvalue weighted by Gasteiger charge is 2.22. The Labute approximate surface area is 222 Å². The Balaban J connectivity index is 1.34. The van der Waals surface area contributed by atoms with E-state index in [1.54, 1.807) is 11.8 Å². The van der Waals surface area contributed by atoms with Crippen LogP contribution in [0.4, 0.5) is 5.82 Å². The number of fused-ring (bicyclic) bond motifs is 1. The zero-order valence-corrected chi connectivity index (χ0v) is 22.3. The van der Waals surface area contributed by atoms with Crippen LogP contribution in [0.2, 0.25) is 0 Å². The van der Waals surface area contributed by atoms with E-state index in [0.29, 0.717) is 18.2 Å². The van der Waals surface area contributed by atoms with Crippen LogP contribution in [0.5, 0.6) is 0 Å². The highest BCUT2D eigenvalue weighted by Crippen LogP contribution is 2.25. The van der Waals surface area contributed by atoms with Gasteiger partial charge in [0.2, 0.25) is 0 Å². The maximum absolute atomic E-state index is 12.7. The smallest absolute Gasteiger partial charge is 0.251 e. The van der Waals surface area contributed by atoms with Crippen LogP contribution in [-0.2, 0) is 6.54 Å². The number of aromatic nitrogens is 3. The first-order valence-corrected chi connectivity index (χ1v) is 13.9. The molecule has 5 rings (SSSR count). The molecule has 1 atom stereocenters. The van der Waals surface area contributed by atoms with Crippen LogP contribution in [0.3, 0.4) is 0 Å². The van der Waals surface area contributed by atoms with Crippen molar-refractivity contribution in [3.05, 3.63) is 77.6 Å². The topological polar surface area (TPSA) is 83.0 Å². The molecule has 1 aliphatic rings. The molecule has 190 valence electrons. The number of aryl methyl sites for hydroxylation is 1. The molecule has 1 aromatic carbocycles. The Hall–Kier alpha value is -3.49. The lowest BCUT2D eigenvalue weighted by Crippen LogP contribution is -2.51. The largest absolute Gasteiger partial charge is 0.351 e. The summed E-state index contributed by atoms with van der Waals surface area (Å²) in [5, 5.41) is 7.42. The standard InChI is InChI=1S/C29H32N6OS/c1-4-23-18-30-12-13-35(23)28-7-5-6-24(34-28)25-11-10-21-16-31-22(15-26(21)33-25)17-32-29(36)20-9-8-19(2)27(14-20)37-3/h5-11,14-16,23,30H,4,12-13,17-18H2,1-3H3,(H,32,36). The maximum Gasteiger partial charge on any atom is 0.251 e. The number of amides is 1. The van der Waals surface area contributed by atoms with Gasteiger partial charge in [0.05, 0.1) is 29.1 Å². The molecule has 1 amide bonds. The van der Waals surface area contributed by atoms with Crippen LogP contribution in [0.15, 0.2) is 65.7 Å². The van der Waals surface area contributed by atoms with E-state index >= 15 is 0 Å². The lowest BCUT2D eigenvalue weighted by atomic mass is 10.1. The van der Waals surface area contributed by atoms with Crippen molar-refractivity contribution in [2.75, 3.05) is 30.8 Å². The van der Waals surface area contributed by atoms with Crippen LogP contribution in [-0.4, -0.2) is 52.8 Å². The van der Waals surface area contributed by atoms with Gasteiger partial charge in [-0.3, -0.25) is 9.78 Å². The Kier molecular flexibility index (Phi) is 7.67. The number of hydrogen-bond donors (Lipinski definition) is 2. The van der Waals surface area contributed by atoms with Gasteiger partial charge in [0.15, 0.2) is 0 Å². The monoisotopic (exact) mass is 512 g/mol. The van der Waals surface area contributed by atoms with E-state index in [1.165, 1.54) is 5.56 Å². The average Bonchev–Trinajstić information content (AvgIpc) is 2.95. The number of pyridine rings is 3. The minimum atomic E-state index is -0.113. The van der Waals surface area contributed by atoms with E-state index in [1.807, 2.05) is 61.8 Å². The molecule has 0 spiro atoms. The summed E-state index contributed by atoms with van der Waals surface area (Å²) in [5.74, 6) is 0.879. The van der Waals surface area contributed by atoms with Gasteiger partial charge in [0.25, 0.3) is 5.91 Å². The van der Waals surface area contributed by atoms with Crippen molar-refractivity contribution in [2.24, 2.45) is 0 Å². The summed E-state index contributed by atoms with van der Waals surface area (Å²) in [7, 11) is 0. The van der Waals surface area contributed by atoms with Crippen LogP contribution in [0, 0.1) is 6.92 Å². The van der Waals surface area contributed by atoms with Crippen molar-refractivity contribution in [3.63, 3.8) is 0 Å². The van der Waals surface area contributed by atoms with Crippen LogP contribution in [0.25, 0.3) is 22.3 Å². The average molecular weight is 513 g/mol. The summed E-state index contributed by atoms with van der Waals surface area (Å²) in [5.41, 5.74) is 5.08. The van der Waals surface area contributed by atoms with Crippen molar-refractivity contribution >= 4 is 34.4 Å². The van der Waals surface area contributed by atoms with E-state index < -0.39 is 0 Å². The van der Waals surface area contributed by atoms with Gasteiger partial charge in [-0.05, 0) is 67.6 Å².